The zero-order chi connectivity index (χ0) is 29.2. The molecule has 1 fully saturated rings. The Morgan fingerprint density at radius 1 is 0.975 bits per heavy atom. The van der Waals surface area contributed by atoms with Crippen LogP contribution in [0.1, 0.15) is 24.0 Å². The molecule has 2 aromatic carbocycles. The number of carbonyl (C=O) groups is 5. The minimum Gasteiger partial charge on any atom is -0.495 e. The third-order valence-corrected chi connectivity index (χ3v) is 6.46. The number of anilines is 2. The number of amides is 6. The maximum absolute atomic E-state index is 12.8. The number of piperazine rings is 1. The molecule has 6 N–H and O–H groups in total. The van der Waals surface area contributed by atoms with E-state index in [1.807, 2.05) is 37.3 Å². The van der Waals surface area contributed by atoms with Crippen molar-refractivity contribution in [3.63, 3.8) is 0 Å². The number of carbonyl (C=O) groups excluding carboxylic acids is 4. The van der Waals surface area contributed by atoms with Crippen LogP contribution in [0.15, 0.2) is 42.5 Å². The van der Waals surface area contributed by atoms with E-state index in [1.54, 1.807) is 17.0 Å². The van der Waals surface area contributed by atoms with Crippen molar-refractivity contribution in [2.75, 3.05) is 43.9 Å². The zero-order valence-corrected chi connectivity index (χ0v) is 22.4. The number of ether oxygens (including phenoxy) is 1. The highest BCUT2D eigenvalue weighted by Crippen LogP contribution is 2.27. The average molecular weight is 555 g/mol. The lowest BCUT2D eigenvalue weighted by Crippen LogP contribution is -2.56. The van der Waals surface area contributed by atoms with E-state index in [0.717, 1.165) is 11.1 Å². The van der Waals surface area contributed by atoms with Crippen molar-refractivity contribution in [2.24, 2.45) is 5.73 Å². The lowest BCUT2D eigenvalue weighted by atomic mass is 10.1. The topological polar surface area (TPSA) is 183 Å². The molecule has 1 aliphatic heterocycles. The first-order valence-corrected chi connectivity index (χ1v) is 12.7. The number of nitrogens with zero attached hydrogens (tertiary/aromatic N) is 2. The fourth-order valence-electron chi connectivity index (χ4n) is 4.19. The fraction of sp³-hybridized carbons (Fsp3) is 0.370. The van der Waals surface area contributed by atoms with Crippen molar-refractivity contribution < 1.29 is 33.8 Å². The summed E-state index contributed by atoms with van der Waals surface area (Å²) in [6.45, 7) is 2.93. The minimum absolute atomic E-state index is 0.0871. The summed E-state index contributed by atoms with van der Waals surface area (Å²) in [5, 5.41) is 17.0. The Kier molecular flexibility index (Phi) is 10.3. The predicted molar refractivity (Wildman–Crippen MR) is 147 cm³/mol. The largest absolute Gasteiger partial charge is 0.495 e. The lowest BCUT2D eigenvalue weighted by Gasteiger charge is -2.35. The van der Waals surface area contributed by atoms with Crippen LogP contribution in [-0.2, 0) is 20.8 Å². The van der Waals surface area contributed by atoms with Gasteiger partial charge in [0.15, 0.2) is 0 Å². The van der Waals surface area contributed by atoms with Gasteiger partial charge in [0.05, 0.1) is 19.2 Å². The van der Waals surface area contributed by atoms with E-state index in [4.69, 9.17) is 15.6 Å². The number of aliphatic carboxylic acids is 1. The molecule has 0 radical (unpaired) electrons. The molecule has 3 rings (SSSR count). The quantitative estimate of drug-likeness (QED) is 0.296. The summed E-state index contributed by atoms with van der Waals surface area (Å²) in [4.78, 5) is 63.0. The van der Waals surface area contributed by atoms with Crippen LogP contribution >= 0.6 is 0 Å². The molecule has 1 saturated heterocycles. The van der Waals surface area contributed by atoms with Crippen LogP contribution in [0.3, 0.4) is 0 Å². The van der Waals surface area contributed by atoms with Crippen LogP contribution in [0.2, 0.25) is 0 Å². The molecule has 0 spiro atoms. The van der Waals surface area contributed by atoms with Crippen LogP contribution in [0.4, 0.5) is 21.0 Å². The van der Waals surface area contributed by atoms with Gasteiger partial charge >= 0.3 is 18.0 Å². The molecule has 1 heterocycles. The fourth-order valence-corrected chi connectivity index (χ4v) is 4.19. The molecule has 0 aliphatic carbocycles. The Hall–Kier alpha value is -4.81. The summed E-state index contributed by atoms with van der Waals surface area (Å²) >= 11 is 0. The maximum atomic E-state index is 12.8. The molecule has 1 aliphatic rings. The van der Waals surface area contributed by atoms with E-state index < -0.39 is 36.4 Å². The normalized spacial score (nSPS) is 13.7. The summed E-state index contributed by atoms with van der Waals surface area (Å²) in [5.41, 5.74) is 8.01. The number of hydrogen-bond donors (Lipinski definition) is 5. The van der Waals surface area contributed by atoms with Gasteiger partial charge in [-0.15, -0.1) is 0 Å². The smallest absolute Gasteiger partial charge is 0.326 e. The van der Waals surface area contributed by atoms with Crippen molar-refractivity contribution in [1.29, 1.82) is 0 Å². The van der Waals surface area contributed by atoms with Crippen molar-refractivity contribution in [1.82, 2.24) is 15.1 Å². The number of aryl methyl sites for hydroxylation is 2. The highest BCUT2D eigenvalue weighted by molar-refractivity contribution is 6.01. The summed E-state index contributed by atoms with van der Waals surface area (Å²) in [7, 11) is 1.50. The van der Waals surface area contributed by atoms with Gasteiger partial charge in [-0.2, -0.15) is 0 Å². The highest BCUT2D eigenvalue weighted by Gasteiger charge is 2.28. The Bertz CT molecular complexity index is 1260. The molecule has 2 aromatic rings. The van der Waals surface area contributed by atoms with E-state index in [9.17, 15) is 24.0 Å². The number of rotatable bonds is 10. The number of carboxylic acid groups (broad SMARTS) is 1. The van der Waals surface area contributed by atoms with Crippen molar-refractivity contribution in [3.05, 3.63) is 53.6 Å². The monoisotopic (exact) mass is 554 g/mol. The Morgan fingerprint density at radius 2 is 1.62 bits per heavy atom. The summed E-state index contributed by atoms with van der Waals surface area (Å²) < 4.78 is 5.44. The Labute approximate surface area is 231 Å². The van der Waals surface area contributed by atoms with Gasteiger partial charge in [-0.25, -0.2) is 14.4 Å². The summed E-state index contributed by atoms with van der Waals surface area (Å²) in [5.74, 6) is -1.82. The van der Waals surface area contributed by atoms with Crippen molar-refractivity contribution in [3.8, 4) is 5.75 Å². The first kappa shape index (κ1) is 29.7. The van der Waals surface area contributed by atoms with Crippen LogP contribution in [0.25, 0.3) is 0 Å². The molecule has 0 bridgehead atoms. The Morgan fingerprint density at radius 3 is 2.25 bits per heavy atom. The standard InChI is InChI=1S/C27H34N6O7/c1-17-5-3-4-6-19(17)29-26(38)30-20-9-7-18(15-22(20)40-2)8-10-24(35)32-11-13-33(14-12-32)27(39)31-21(25(36)37)16-23(28)34/h3-7,9,15,21H,8,10-14,16H2,1-2H3,(H2,28,34)(H,31,39)(H,36,37)(H2,29,30,38). The van der Waals surface area contributed by atoms with Gasteiger partial charge in [0.2, 0.25) is 11.8 Å². The molecule has 0 aromatic heterocycles. The SMILES string of the molecule is COc1cc(CCC(=O)N2CCN(C(=O)NC(CC(N)=O)C(=O)O)CC2)ccc1NC(=O)Nc1ccccc1C. The summed E-state index contributed by atoms with van der Waals surface area (Å²) in [6, 6.07) is 10.3. The molecule has 40 heavy (non-hydrogen) atoms. The van der Waals surface area contributed by atoms with Crippen molar-refractivity contribution in [2.45, 2.75) is 32.2 Å². The predicted octanol–water partition coefficient (Wildman–Crippen LogP) is 1.76. The van der Waals surface area contributed by atoms with Gasteiger partial charge in [-0.1, -0.05) is 24.3 Å². The number of methoxy groups -OCH3 is 1. The van der Waals surface area contributed by atoms with Crippen molar-refractivity contribution >= 4 is 41.2 Å². The van der Waals surface area contributed by atoms with E-state index in [0.29, 0.717) is 36.6 Å². The minimum atomic E-state index is -1.41. The van der Waals surface area contributed by atoms with E-state index in [2.05, 4.69) is 16.0 Å². The number of benzene rings is 2. The second-order valence-corrected chi connectivity index (χ2v) is 9.31. The van der Waals surface area contributed by atoms with E-state index in [1.165, 1.54) is 12.0 Å². The highest BCUT2D eigenvalue weighted by atomic mass is 16.5. The molecule has 13 heteroatoms. The number of para-hydroxylation sites is 1. The van der Waals surface area contributed by atoms with Gasteiger partial charge in [0, 0.05) is 38.3 Å². The third kappa shape index (κ3) is 8.35. The van der Waals surface area contributed by atoms with Crippen LogP contribution in [0.5, 0.6) is 5.75 Å². The lowest BCUT2D eigenvalue weighted by molar-refractivity contribution is -0.141. The van der Waals surface area contributed by atoms with Crippen LogP contribution in [0, 0.1) is 6.92 Å². The second-order valence-electron chi connectivity index (χ2n) is 9.31. The molecular formula is C27H34N6O7. The average Bonchev–Trinajstić information content (AvgIpc) is 2.92. The van der Waals surface area contributed by atoms with E-state index >= 15 is 0 Å². The molecule has 6 amide bonds. The number of nitrogens with one attached hydrogen (secondary N) is 3. The van der Waals surface area contributed by atoms with Gasteiger partial charge < -0.3 is 41.3 Å². The molecule has 13 nitrogen and oxygen atoms in total. The van der Waals surface area contributed by atoms with Crippen LogP contribution < -0.4 is 26.4 Å². The van der Waals surface area contributed by atoms with E-state index in [-0.39, 0.29) is 25.4 Å². The number of primary amides is 1. The number of hydrogen-bond acceptors (Lipinski definition) is 6. The number of nitrogens with two attached hydrogens (primary N) is 1. The Balaban J connectivity index is 1.48. The zero-order valence-electron chi connectivity index (χ0n) is 22.4. The molecular weight excluding hydrogens is 520 g/mol. The third-order valence-electron chi connectivity index (χ3n) is 6.46. The van der Waals surface area contributed by atoms with Gasteiger partial charge in [0.25, 0.3) is 0 Å². The van der Waals surface area contributed by atoms with Crippen LogP contribution in [-0.4, -0.2) is 84.1 Å². The first-order chi connectivity index (χ1) is 19.1. The molecule has 1 atom stereocenters. The van der Waals surface area contributed by atoms with Gasteiger partial charge in [-0.3, -0.25) is 9.59 Å². The second kappa shape index (κ2) is 13.8. The number of urea groups is 2. The molecule has 0 saturated carbocycles. The first-order valence-electron chi connectivity index (χ1n) is 12.7. The maximum Gasteiger partial charge on any atom is 0.326 e. The molecule has 1 unspecified atom stereocenters. The van der Waals surface area contributed by atoms with Gasteiger partial charge in [0.1, 0.15) is 11.8 Å². The summed E-state index contributed by atoms with van der Waals surface area (Å²) in [6.07, 6.45) is 0.163. The molecule has 214 valence electrons. The number of carboxylic acids is 1. The van der Waals surface area contributed by atoms with Gasteiger partial charge in [-0.05, 0) is 42.7 Å².